The van der Waals surface area contributed by atoms with Crippen molar-refractivity contribution in [1.82, 2.24) is 15.1 Å². The number of piperidine rings is 1. The number of ether oxygens (including phenoxy) is 1. The highest BCUT2D eigenvalue weighted by Crippen LogP contribution is 2.30. The van der Waals surface area contributed by atoms with Gasteiger partial charge in [-0.3, -0.25) is 4.79 Å². The second kappa shape index (κ2) is 9.36. The van der Waals surface area contributed by atoms with Crippen LogP contribution in [0, 0.1) is 0 Å². The second-order valence-corrected chi connectivity index (χ2v) is 7.92. The minimum absolute atomic E-state index is 0.0547. The molecular weight excluding hydrogens is 388 g/mol. The minimum Gasteiger partial charge on any atom is -0.435 e. The van der Waals surface area contributed by atoms with Crippen LogP contribution in [0.15, 0.2) is 33.9 Å². The SMILES string of the molecule is CCC1CCCCN1C(=O)C(C)Sc1nnc(-c2ccc(OC(F)F)cc2)o1. The third kappa shape index (κ3) is 5.01. The summed E-state index contributed by atoms with van der Waals surface area (Å²) in [6.45, 7) is 1.87. The standard InChI is InChI=1S/C19H23F2N3O3S/c1-3-14-6-4-5-11-24(14)17(25)12(2)28-19-23-22-16(27-19)13-7-9-15(10-8-13)26-18(20)21/h7-10,12,14,18H,3-6,11H2,1-2H3. The van der Waals surface area contributed by atoms with Gasteiger partial charge in [0, 0.05) is 18.2 Å². The number of nitrogens with zero attached hydrogens (tertiary/aromatic N) is 3. The van der Waals surface area contributed by atoms with Crippen LogP contribution in [0.1, 0.15) is 39.5 Å². The lowest BCUT2D eigenvalue weighted by Crippen LogP contribution is -2.46. The summed E-state index contributed by atoms with van der Waals surface area (Å²) in [7, 11) is 0. The first-order valence-electron chi connectivity index (χ1n) is 9.33. The van der Waals surface area contributed by atoms with Crippen LogP contribution >= 0.6 is 11.8 Å². The molecule has 2 atom stereocenters. The number of rotatable bonds is 7. The molecule has 2 heterocycles. The third-order valence-corrected chi connectivity index (χ3v) is 5.66. The molecule has 6 nitrogen and oxygen atoms in total. The Morgan fingerprint density at radius 2 is 2.07 bits per heavy atom. The Bertz CT molecular complexity index is 785. The highest BCUT2D eigenvalue weighted by Gasteiger charge is 2.30. The number of thioether (sulfide) groups is 1. The molecule has 3 rings (SSSR count). The Labute approximate surface area is 166 Å². The van der Waals surface area contributed by atoms with Gasteiger partial charge in [-0.05, 0) is 56.9 Å². The molecule has 0 aliphatic carbocycles. The number of carbonyl (C=O) groups is 1. The van der Waals surface area contributed by atoms with Gasteiger partial charge in [-0.2, -0.15) is 8.78 Å². The summed E-state index contributed by atoms with van der Waals surface area (Å²) < 4.78 is 34.4. The predicted molar refractivity (Wildman–Crippen MR) is 101 cm³/mol. The average Bonchev–Trinajstić information content (AvgIpc) is 3.15. The highest BCUT2D eigenvalue weighted by molar-refractivity contribution is 8.00. The van der Waals surface area contributed by atoms with Crippen LogP contribution in [-0.2, 0) is 4.79 Å². The first-order valence-corrected chi connectivity index (χ1v) is 10.2. The van der Waals surface area contributed by atoms with Crippen LogP contribution in [-0.4, -0.2) is 45.5 Å². The van der Waals surface area contributed by atoms with Crippen molar-refractivity contribution in [3.05, 3.63) is 24.3 Å². The summed E-state index contributed by atoms with van der Waals surface area (Å²) in [6, 6.07) is 6.25. The van der Waals surface area contributed by atoms with Crippen molar-refractivity contribution >= 4 is 17.7 Å². The number of hydrogen-bond acceptors (Lipinski definition) is 6. The second-order valence-electron chi connectivity index (χ2n) is 6.63. The van der Waals surface area contributed by atoms with Crippen molar-refractivity contribution in [1.29, 1.82) is 0 Å². The fourth-order valence-electron chi connectivity index (χ4n) is 3.30. The average molecular weight is 411 g/mol. The maximum atomic E-state index is 12.8. The Morgan fingerprint density at radius 3 is 2.75 bits per heavy atom. The van der Waals surface area contributed by atoms with Crippen LogP contribution in [0.2, 0.25) is 0 Å². The summed E-state index contributed by atoms with van der Waals surface area (Å²) in [6.07, 6.45) is 4.21. The lowest BCUT2D eigenvalue weighted by molar-refractivity contribution is -0.134. The molecule has 9 heteroatoms. The quantitative estimate of drug-likeness (QED) is 0.620. The molecule has 0 N–H and O–H groups in total. The number of benzene rings is 1. The minimum atomic E-state index is -2.87. The van der Waals surface area contributed by atoms with Crippen LogP contribution in [0.25, 0.3) is 11.5 Å². The van der Waals surface area contributed by atoms with Crippen molar-refractivity contribution in [2.45, 2.75) is 62.7 Å². The number of amides is 1. The van der Waals surface area contributed by atoms with Crippen LogP contribution in [0.4, 0.5) is 8.78 Å². The zero-order valence-electron chi connectivity index (χ0n) is 15.8. The van der Waals surface area contributed by atoms with Gasteiger partial charge in [0.25, 0.3) is 5.22 Å². The van der Waals surface area contributed by atoms with Gasteiger partial charge >= 0.3 is 6.61 Å². The maximum absolute atomic E-state index is 12.8. The lowest BCUT2D eigenvalue weighted by atomic mass is 10.00. The van der Waals surface area contributed by atoms with E-state index in [-0.39, 0.29) is 22.8 Å². The summed E-state index contributed by atoms with van der Waals surface area (Å²) in [5.41, 5.74) is 0.585. The number of likely N-dealkylation sites (tertiary alicyclic amines) is 1. The predicted octanol–water partition coefficient (Wildman–Crippen LogP) is 4.61. The fourth-order valence-corrected chi connectivity index (χ4v) is 4.06. The Morgan fingerprint density at radius 1 is 1.32 bits per heavy atom. The van der Waals surface area contributed by atoms with Crippen molar-refractivity contribution < 1.29 is 22.7 Å². The molecule has 2 unspecified atom stereocenters. The Balaban J connectivity index is 1.62. The molecular formula is C19H23F2N3O3S. The van der Waals surface area contributed by atoms with Crippen LogP contribution in [0.5, 0.6) is 5.75 Å². The Hall–Kier alpha value is -2.16. The van der Waals surface area contributed by atoms with E-state index in [0.717, 1.165) is 32.2 Å². The van der Waals surface area contributed by atoms with Crippen molar-refractivity contribution in [2.24, 2.45) is 0 Å². The largest absolute Gasteiger partial charge is 0.435 e. The molecule has 0 radical (unpaired) electrons. The van der Waals surface area contributed by atoms with Gasteiger partial charge in [0.1, 0.15) is 5.75 Å². The smallest absolute Gasteiger partial charge is 0.387 e. The molecule has 2 aromatic rings. The van der Waals surface area contributed by atoms with E-state index in [1.165, 1.54) is 23.9 Å². The summed E-state index contributed by atoms with van der Waals surface area (Å²) in [4.78, 5) is 14.8. The molecule has 0 saturated carbocycles. The van der Waals surface area contributed by atoms with Crippen molar-refractivity contribution in [2.75, 3.05) is 6.54 Å². The van der Waals surface area contributed by atoms with Gasteiger partial charge in [0.2, 0.25) is 11.8 Å². The number of alkyl halides is 2. The van der Waals surface area contributed by atoms with E-state index in [1.54, 1.807) is 12.1 Å². The topological polar surface area (TPSA) is 68.5 Å². The molecule has 28 heavy (non-hydrogen) atoms. The van der Waals surface area contributed by atoms with Crippen molar-refractivity contribution in [3.8, 4) is 17.2 Å². The summed E-state index contributed by atoms with van der Waals surface area (Å²) in [5, 5.41) is 7.94. The number of halogens is 2. The molecule has 1 aromatic carbocycles. The molecule has 1 amide bonds. The fraction of sp³-hybridized carbons (Fsp3) is 0.526. The number of carbonyl (C=O) groups excluding carboxylic acids is 1. The van der Waals surface area contributed by atoms with E-state index in [4.69, 9.17) is 4.42 Å². The molecule has 1 fully saturated rings. The highest BCUT2D eigenvalue weighted by atomic mass is 32.2. The summed E-state index contributed by atoms with van der Waals surface area (Å²) in [5.74, 6) is 0.402. The van der Waals surface area contributed by atoms with Gasteiger partial charge in [-0.25, -0.2) is 0 Å². The van der Waals surface area contributed by atoms with E-state index in [2.05, 4.69) is 21.9 Å². The maximum Gasteiger partial charge on any atom is 0.387 e. The van der Waals surface area contributed by atoms with E-state index in [1.807, 2.05) is 11.8 Å². The Kier molecular flexibility index (Phi) is 6.88. The molecule has 1 aliphatic rings. The monoisotopic (exact) mass is 411 g/mol. The molecule has 1 saturated heterocycles. The molecule has 0 bridgehead atoms. The van der Waals surface area contributed by atoms with E-state index < -0.39 is 6.61 Å². The third-order valence-electron chi connectivity index (χ3n) is 4.74. The molecule has 152 valence electrons. The molecule has 1 aromatic heterocycles. The van der Waals surface area contributed by atoms with Gasteiger partial charge in [-0.15, -0.1) is 10.2 Å². The zero-order chi connectivity index (χ0) is 20.1. The first-order chi connectivity index (χ1) is 13.5. The first kappa shape index (κ1) is 20.6. The van der Waals surface area contributed by atoms with Gasteiger partial charge in [0.05, 0.1) is 5.25 Å². The van der Waals surface area contributed by atoms with E-state index in [9.17, 15) is 13.6 Å². The van der Waals surface area contributed by atoms with E-state index >= 15 is 0 Å². The number of aromatic nitrogens is 2. The number of hydrogen-bond donors (Lipinski definition) is 0. The van der Waals surface area contributed by atoms with Crippen molar-refractivity contribution in [3.63, 3.8) is 0 Å². The summed E-state index contributed by atoms with van der Waals surface area (Å²) >= 11 is 1.23. The van der Waals surface area contributed by atoms with Gasteiger partial charge < -0.3 is 14.1 Å². The lowest BCUT2D eigenvalue weighted by Gasteiger charge is -2.36. The van der Waals surface area contributed by atoms with E-state index in [0.29, 0.717) is 16.8 Å². The zero-order valence-corrected chi connectivity index (χ0v) is 16.6. The van der Waals surface area contributed by atoms with Crippen LogP contribution < -0.4 is 4.74 Å². The van der Waals surface area contributed by atoms with Gasteiger partial charge in [-0.1, -0.05) is 18.7 Å². The normalized spacial score (nSPS) is 18.3. The molecule has 0 spiro atoms. The van der Waals surface area contributed by atoms with Gasteiger partial charge in [0.15, 0.2) is 0 Å². The molecule has 1 aliphatic heterocycles. The van der Waals surface area contributed by atoms with Crippen LogP contribution in [0.3, 0.4) is 0 Å².